The first-order valence-corrected chi connectivity index (χ1v) is 33.5. The van der Waals surface area contributed by atoms with E-state index >= 15 is 0 Å². The molecule has 17 N–H and O–H groups in total. The topological polar surface area (TPSA) is 472 Å². The zero-order valence-electron chi connectivity index (χ0n) is 54.6. The van der Waals surface area contributed by atoms with E-state index in [4.69, 9.17) is 56.8 Å². The third-order valence-electron chi connectivity index (χ3n) is 25.0. The van der Waals surface area contributed by atoms with Gasteiger partial charge in [-0.1, -0.05) is 53.2 Å². The molecule has 30 nitrogen and oxygen atoms in total. The quantitative estimate of drug-likeness (QED) is 0.0526. The monoisotopic (exact) mass is 1350 g/mol. The minimum Gasteiger partial charge on any atom is -0.481 e. The van der Waals surface area contributed by atoms with E-state index in [0.29, 0.717) is 25.7 Å². The molecule has 0 spiro atoms. The second-order valence-corrected chi connectivity index (χ2v) is 30.8. The summed E-state index contributed by atoms with van der Waals surface area (Å²) >= 11 is 0. The number of fused-ring (bicyclic) bond motifs is 7. The molecule has 6 saturated heterocycles. The zero-order chi connectivity index (χ0) is 68.4. The van der Waals surface area contributed by atoms with E-state index in [-0.39, 0.29) is 46.0 Å². The first-order chi connectivity index (χ1) is 44.1. The average Bonchev–Trinajstić information content (AvgIpc) is 0.676. The number of aliphatic hydroxyl groups is 16. The minimum atomic E-state index is -2.20. The zero-order valence-corrected chi connectivity index (χ0v) is 54.6. The summed E-state index contributed by atoms with van der Waals surface area (Å²) in [5, 5.41) is 189. The van der Waals surface area contributed by atoms with Crippen molar-refractivity contribution in [1.82, 2.24) is 0 Å². The van der Waals surface area contributed by atoms with Crippen LogP contribution in [-0.4, -0.2) is 304 Å². The number of aliphatic carboxylic acids is 1. The molecular weight excluding hydrogens is 1250 g/mol. The molecule has 0 bridgehead atoms. The molecule has 37 atom stereocenters. The van der Waals surface area contributed by atoms with Gasteiger partial charge >= 0.3 is 5.97 Å². The summed E-state index contributed by atoms with van der Waals surface area (Å²) in [6.07, 6.45) is -41.2. The Balaban J connectivity index is 0.805. The van der Waals surface area contributed by atoms with Crippen molar-refractivity contribution in [3.8, 4) is 0 Å². The van der Waals surface area contributed by atoms with Crippen molar-refractivity contribution in [1.29, 1.82) is 0 Å². The average molecular weight is 1350 g/mol. The molecule has 0 aromatic heterocycles. The summed E-state index contributed by atoms with van der Waals surface area (Å²) in [5.74, 6) is -0.680. The van der Waals surface area contributed by atoms with Crippen LogP contribution in [0.5, 0.6) is 0 Å². The van der Waals surface area contributed by atoms with Crippen molar-refractivity contribution in [3.05, 3.63) is 11.6 Å². The van der Waals surface area contributed by atoms with Crippen LogP contribution >= 0.6 is 0 Å². The molecule has 4 saturated carbocycles. The van der Waals surface area contributed by atoms with Crippen molar-refractivity contribution < 1.29 is 148 Å². The number of hydrogen-bond donors (Lipinski definition) is 17. The molecule has 0 aromatic carbocycles. The lowest BCUT2D eigenvalue weighted by atomic mass is 9.33. The van der Waals surface area contributed by atoms with Gasteiger partial charge in [0, 0.05) is 5.41 Å². The van der Waals surface area contributed by atoms with Crippen LogP contribution in [0, 0.1) is 50.2 Å². The predicted octanol–water partition coefficient (Wildman–Crippen LogP) is -3.52. The Hall–Kier alpha value is -1.91. The molecule has 30 heteroatoms. The SMILES string of the molecule is CC1OC(OC2C(O)C(OC3C(O)C(C)OC(OC4C(OC5CCC6(C)C(CCC7(C)C6CC=C6C8CC(C)(C)CCC8(C(=O)O)CCC67C)C5(C)CO)OCC(O)C4O)C3O)OC(CO)C2OC2OC(CO)C(OC3OCC(O)C(O)C3O)C(O)C2O)C(O)C(O)C1O. The second-order valence-electron chi connectivity index (χ2n) is 30.8. The fraction of sp³-hybridized carbons (Fsp3) is 0.953. The van der Waals surface area contributed by atoms with Gasteiger partial charge in [-0.05, 0) is 117 Å². The van der Waals surface area contributed by atoms with Crippen LogP contribution in [0.15, 0.2) is 11.6 Å². The van der Waals surface area contributed by atoms with Crippen molar-refractivity contribution in [2.24, 2.45) is 50.2 Å². The van der Waals surface area contributed by atoms with Gasteiger partial charge in [0.25, 0.3) is 0 Å². The molecule has 0 aromatic rings. The van der Waals surface area contributed by atoms with Crippen molar-refractivity contribution in [2.45, 2.75) is 298 Å². The summed E-state index contributed by atoms with van der Waals surface area (Å²) < 4.78 is 72.4. The van der Waals surface area contributed by atoms with Gasteiger partial charge in [-0.15, -0.1) is 0 Å². The number of carboxylic acids is 1. The lowest BCUT2D eigenvalue weighted by Gasteiger charge is -2.71. The normalized spacial score (nSPS) is 55.3. The summed E-state index contributed by atoms with van der Waals surface area (Å²) in [6.45, 7) is 13.1. The highest BCUT2D eigenvalue weighted by atomic mass is 16.8. The number of carboxylic acid groups (broad SMARTS) is 1. The van der Waals surface area contributed by atoms with Crippen LogP contribution in [0.3, 0.4) is 0 Å². The first-order valence-electron chi connectivity index (χ1n) is 33.5. The van der Waals surface area contributed by atoms with E-state index in [0.717, 1.165) is 38.5 Å². The largest absolute Gasteiger partial charge is 0.481 e. The lowest BCUT2D eigenvalue weighted by molar-refractivity contribution is -0.406. The maximum atomic E-state index is 13.3. The molecule has 6 heterocycles. The summed E-state index contributed by atoms with van der Waals surface area (Å²) in [7, 11) is 0. The van der Waals surface area contributed by atoms with Gasteiger partial charge in [0.2, 0.25) is 0 Å². The van der Waals surface area contributed by atoms with Crippen LogP contribution in [-0.2, 0) is 61.6 Å². The smallest absolute Gasteiger partial charge is 0.310 e. The highest BCUT2D eigenvalue weighted by Crippen LogP contribution is 2.76. The Labute approximate surface area is 545 Å². The number of aliphatic hydroxyl groups excluding tert-OH is 16. The van der Waals surface area contributed by atoms with Crippen LogP contribution < -0.4 is 0 Å². The van der Waals surface area contributed by atoms with Gasteiger partial charge < -0.3 is 144 Å². The van der Waals surface area contributed by atoms with E-state index in [2.05, 4.69) is 40.7 Å². The third kappa shape index (κ3) is 12.4. The molecule has 0 radical (unpaired) electrons. The van der Waals surface area contributed by atoms with Crippen LogP contribution in [0.2, 0.25) is 0 Å². The van der Waals surface area contributed by atoms with Gasteiger partial charge in [-0.3, -0.25) is 4.79 Å². The summed E-state index contributed by atoms with van der Waals surface area (Å²) in [4.78, 5) is 13.3. The van der Waals surface area contributed by atoms with E-state index in [9.17, 15) is 91.6 Å². The highest BCUT2D eigenvalue weighted by molar-refractivity contribution is 5.76. The third-order valence-corrected chi connectivity index (χ3v) is 25.0. The van der Waals surface area contributed by atoms with Crippen molar-refractivity contribution in [3.63, 3.8) is 0 Å². The van der Waals surface area contributed by atoms with E-state index in [1.54, 1.807) is 0 Å². The number of rotatable bonds is 16. The predicted molar refractivity (Wildman–Crippen MR) is 315 cm³/mol. The standard InChI is InChI=1S/C64H104O30/c1-25-36(70)40(74)43(77)53(85-25)93-50-46(80)56(88-32(21-66)48(50)91-54-44(78)41(75)47(31(20-65)87-54)90-52-42(76)38(72)29(68)22-83-52)92-49-37(71)26(2)86-55(45(49)79)94-51-39(73)30(69)23-84-57(51)89-35-12-13-60(5)33(61(35,6)24-67)11-14-63(8)34(60)10-9-27-28-19-59(3,4)15-17-64(28,58(81)82)18-16-62(27,63)7/h9,25-26,28-57,65-80H,10-24H2,1-8H3,(H,81,82). The Bertz CT molecular complexity index is 2640. The maximum absolute atomic E-state index is 13.3. The number of allylic oxidation sites excluding steroid dienone is 2. The number of ether oxygens (including phenoxy) is 12. The van der Waals surface area contributed by atoms with E-state index in [1.807, 2.05) is 6.92 Å². The van der Waals surface area contributed by atoms with Crippen molar-refractivity contribution >= 4 is 5.97 Å². The van der Waals surface area contributed by atoms with Gasteiger partial charge in [0.15, 0.2) is 37.7 Å². The molecule has 94 heavy (non-hydrogen) atoms. The molecular formula is C64H104O30. The fourth-order valence-electron chi connectivity index (χ4n) is 18.9. The molecule has 11 aliphatic rings. The molecule has 540 valence electrons. The van der Waals surface area contributed by atoms with Gasteiger partial charge in [-0.25, -0.2) is 0 Å². The Kier molecular flexibility index (Phi) is 21.4. The van der Waals surface area contributed by atoms with Gasteiger partial charge in [0.05, 0.1) is 56.8 Å². The van der Waals surface area contributed by atoms with Gasteiger partial charge in [-0.2, -0.15) is 0 Å². The lowest BCUT2D eigenvalue weighted by Crippen LogP contribution is -2.69. The Morgan fingerprint density at radius 2 is 1.01 bits per heavy atom. The van der Waals surface area contributed by atoms with Gasteiger partial charge in [0.1, 0.15) is 122 Å². The van der Waals surface area contributed by atoms with Crippen LogP contribution in [0.25, 0.3) is 0 Å². The Morgan fingerprint density at radius 3 is 1.66 bits per heavy atom. The maximum Gasteiger partial charge on any atom is 0.310 e. The number of hydrogen-bond acceptors (Lipinski definition) is 29. The second kappa shape index (κ2) is 27.5. The molecule has 6 aliphatic heterocycles. The summed E-state index contributed by atoms with van der Waals surface area (Å²) in [5.41, 5.74) is -1.15. The fourth-order valence-corrected chi connectivity index (χ4v) is 18.9. The minimum absolute atomic E-state index is 0.00249. The molecule has 37 unspecified atom stereocenters. The van der Waals surface area contributed by atoms with Crippen molar-refractivity contribution in [2.75, 3.05) is 33.0 Å². The Morgan fingerprint density at radius 1 is 0.489 bits per heavy atom. The molecule has 10 fully saturated rings. The van der Waals surface area contributed by atoms with E-state index < -0.39 is 221 Å². The van der Waals surface area contributed by atoms with E-state index in [1.165, 1.54) is 19.4 Å². The first kappa shape index (κ1) is 73.3. The summed E-state index contributed by atoms with van der Waals surface area (Å²) in [6, 6.07) is 0. The molecule has 0 amide bonds. The molecule has 5 aliphatic carbocycles. The molecule has 11 rings (SSSR count). The van der Waals surface area contributed by atoms with Crippen LogP contribution in [0.4, 0.5) is 0 Å². The highest BCUT2D eigenvalue weighted by Gasteiger charge is 2.71. The van der Waals surface area contributed by atoms with Crippen LogP contribution in [0.1, 0.15) is 120 Å². The number of carbonyl (C=O) groups is 1.